The second-order valence-electron chi connectivity index (χ2n) is 30.1. The first-order valence-electron chi connectivity index (χ1n) is 35.1. The average Bonchev–Trinajstić information content (AvgIpc) is 0.788. The summed E-state index contributed by atoms with van der Waals surface area (Å²) in [5.74, 6) is -8.96. The van der Waals surface area contributed by atoms with Gasteiger partial charge in [0, 0.05) is 97.1 Å². The number of hydrogen-bond donors (Lipinski definition) is 9. The van der Waals surface area contributed by atoms with E-state index in [1.165, 1.54) is 31.5 Å². The van der Waals surface area contributed by atoms with Gasteiger partial charge >= 0.3 is 23.9 Å². The van der Waals surface area contributed by atoms with Crippen molar-refractivity contribution in [2.45, 2.75) is 194 Å². The monoisotopic (exact) mass is 1540 g/mol. The van der Waals surface area contributed by atoms with Crippen LogP contribution in [-0.2, 0) is 105 Å². The van der Waals surface area contributed by atoms with Gasteiger partial charge in [0.1, 0.15) is 63.6 Å². The van der Waals surface area contributed by atoms with Gasteiger partial charge in [0.25, 0.3) is 20.2 Å². The fourth-order valence-corrected chi connectivity index (χ4v) is 14.0. The lowest BCUT2D eigenvalue weighted by molar-refractivity contribution is -0.158. The molecule has 4 rings (SSSR count). The molecule has 3 heterocycles. The van der Waals surface area contributed by atoms with E-state index in [1.807, 2.05) is 16.3 Å². The number of fused-ring (bicyclic) bond motifs is 1. The molecule has 1 saturated heterocycles. The van der Waals surface area contributed by atoms with Gasteiger partial charge in [-0.05, 0) is 170 Å². The number of unbranched alkanes of at least 4 members (excludes halogenated alkanes) is 1. The first-order chi connectivity index (χ1) is 48.5. The molecule has 34 nitrogen and oxygen atoms in total. The van der Waals surface area contributed by atoms with Crippen molar-refractivity contribution in [2.24, 2.45) is 0 Å². The van der Waals surface area contributed by atoms with E-state index in [-0.39, 0.29) is 139 Å². The molecule has 2 aromatic rings. The summed E-state index contributed by atoms with van der Waals surface area (Å²) in [6.45, 7) is 23.1. The van der Waals surface area contributed by atoms with Crippen LogP contribution in [0.4, 0.5) is 5.82 Å². The van der Waals surface area contributed by atoms with Crippen molar-refractivity contribution in [1.82, 2.24) is 55.9 Å². The number of amides is 5. The molecule has 0 bridgehead atoms. The molecule has 2 aliphatic rings. The number of ether oxygens (including phenoxy) is 5. The van der Waals surface area contributed by atoms with Crippen LogP contribution in [0.15, 0.2) is 29.2 Å². The largest absolute Gasteiger partial charge is 0.494 e. The van der Waals surface area contributed by atoms with E-state index in [9.17, 15) is 77.5 Å². The number of hydrogen-bond acceptors (Lipinski definition) is 26. The molecule has 105 heavy (non-hydrogen) atoms. The van der Waals surface area contributed by atoms with Crippen LogP contribution < -0.4 is 41.4 Å². The summed E-state index contributed by atoms with van der Waals surface area (Å²) >= 11 is 0. The molecule has 5 amide bonds. The number of pyridine rings is 1. The standard InChI is InChI=1S/C68H112N12O22S3/c1-46-37-50(38-47(2)60(46)105(96,97)76-51(64(89)102-68(12,13)14)39-72-55(82)21-16-15-20-49-24-23-48-19-17-25-70-61(48)73-49)98-36-18-22-54(81)69-26-27-71-62(87)52(44-103(90,91)92)75-63(88)53(45-104(93,94)95)74-56(83)40-77-28-30-78(41-57(84)99-65(3,4)5)32-34-80(43-59(86)101-67(9,10)11)35-33-79(31-29-77)42-58(85)100-66(6,7)8/h23-24,37-38,51-53,76H,15-22,25-36,39-45H2,1-14H3,(H,69,81)(H,70,73)(H,71,87)(H,72,82)(H,74,83)(H,75,88)(H,90,91,92)(H,93,94,95)/t51-,52?,53+/m1/s1. The van der Waals surface area contributed by atoms with Crippen LogP contribution in [0, 0.1) is 13.8 Å². The summed E-state index contributed by atoms with van der Waals surface area (Å²) in [6.07, 6.45) is 4.01. The number of nitrogens with zero attached hydrogens (tertiary/aromatic N) is 5. The van der Waals surface area contributed by atoms with E-state index in [4.69, 9.17) is 28.7 Å². The van der Waals surface area contributed by atoms with Gasteiger partial charge in [0.15, 0.2) is 0 Å². The third kappa shape index (κ3) is 37.7. The molecule has 1 unspecified atom stereocenters. The van der Waals surface area contributed by atoms with Crippen LogP contribution in [0.1, 0.15) is 144 Å². The third-order valence-electron chi connectivity index (χ3n) is 15.5. The normalized spacial score (nSPS) is 16.0. The molecule has 1 aromatic carbocycles. The molecule has 0 aliphatic carbocycles. The van der Waals surface area contributed by atoms with Crippen molar-refractivity contribution in [3.05, 3.63) is 46.6 Å². The lowest BCUT2D eigenvalue weighted by atomic mass is 10.1. The first kappa shape index (κ1) is 90.2. The molecule has 0 radical (unpaired) electrons. The van der Waals surface area contributed by atoms with Gasteiger partial charge in [0.2, 0.25) is 39.6 Å². The summed E-state index contributed by atoms with van der Waals surface area (Å²) in [5.41, 5.74) is -0.889. The first-order valence-corrected chi connectivity index (χ1v) is 39.8. The van der Waals surface area contributed by atoms with Crippen LogP contribution in [-0.4, -0.2) is 276 Å². The highest BCUT2D eigenvalue weighted by molar-refractivity contribution is 7.89. The van der Waals surface area contributed by atoms with Crippen LogP contribution >= 0.6 is 0 Å². The van der Waals surface area contributed by atoms with Gasteiger partial charge < -0.3 is 55.6 Å². The average molecular weight is 1550 g/mol. The Morgan fingerprint density at radius 2 is 0.990 bits per heavy atom. The van der Waals surface area contributed by atoms with Crippen LogP contribution in [0.2, 0.25) is 0 Å². The SMILES string of the molecule is Cc1cc(OCCCC(=O)NCCNC(=O)C(CS(=O)(=O)O)NC(=O)[C@H](CS(=O)(=O)O)NC(=O)CN2CCN(CC(=O)OC(C)(C)C)CCN(CC(=O)OC(C)(C)C)CCN(CC(=O)OC(C)(C)C)CC2)cc(C)c1S(=O)(=O)N[C@H](CNC(=O)CCCCc1ccc2c(n1)NCCC2)C(=O)OC(C)(C)C. The highest BCUT2D eigenvalue weighted by Gasteiger charge is 2.36. The number of nitrogens with one attached hydrogen (secondary N) is 7. The number of esters is 4. The van der Waals surface area contributed by atoms with Crippen molar-refractivity contribution in [3.8, 4) is 5.75 Å². The maximum Gasteiger partial charge on any atom is 0.326 e. The fraction of sp³-hybridized carbons (Fsp3) is 0.706. The summed E-state index contributed by atoms with van der Waals surface area (Å²) in [7, 11) is -14.6. The molecule has 3 atom stereocenters. The fourth-order valence-electron chi connectivity index (χ4n) is 11.0. The van der Waals surface area contributed by atoms with Crippen LogP contribution in [0.3, 0.4) is 0 Å². The van der Waals surface area contributed by atoms with Crippen molar-refractivity contribution < 1.29 is 101 Å². The minimum Gasteiger partial charge on any atom is -0.494 e. The number of sulfonamides is 1. The lowest BCUT2D eigenvalue weighted by Crippen LogP contribution is -2.58. The maximum absolute atomic E-state index is 14.0. The molecular weight excluding hydrogens is 1430 g/mol. The van der Waals surface area contributed by atoms with Gasteiger partial charge in [-0.3, -0.25) is 71.9 Å². The zero-order chi connectivity index (χ0) is 78.9. The number of carbonyl (C=O) groups excluding carboxylic acids is 9. The number of carbonyl (C=O) groups is 9. The number of rotatable bonds is 35. The number of aryl methyl sites for hydroxylation is 4. The summed E-state index contributed by atoms with van der Waals surface area (Å²) in [5, 5.41) is 15.1. The molecule has 2 aliphatic heterocycles. The summed E-state index contributed by atoms with van der Waals surface area (Å²) in [4.78, 5) is 132. The van der Waals surface area contributed by atoms with Crippen molar-refractivity contribution >= 4 is 89.5 Å². The molecule has 1 aromatic heterocycles. The predicted octanol–water partition coefficient (Wildman–Crippen LogP) is 0.958. The van der Waals surface area contributed by atoms with E-state index in [0.29, 0.717) is 19.3 Å². The van der Waals surface area contributed by atoms with E-state index < -0.39 is 143 Å². The Hall–Kier alpha value is -7.23. The molecule has 0 spiro atoms. The highest BCUT2D eigenvalue weighted by atomic mass is 32.2. The Morgan fingerprint density at radius 1 is 0.543 bits per heavy atom. The van der Waals surface area contributed by atoms with Gasteiger partial charge in [-0.25, -0.2) is 13.4 Å². The molecule has 0 saturated carbocycles. The van der Waals surface area contributed by atoms with Crippen LogP contribution in [0.5, 0.6) is 5.75 Å². The molecule has 9 N–H and O–H groups in total. The predicted molar refractivity (Wildman–Crippen MR) is 388 cm³/mol. The number of anilines is 1. The van der Waals surface area contributed by atoms with E-state index in [2.05, 4.69) is 37.4 Å². The Balaban J connectivity index is 1.35. The van der Waals surface area contributed by atoms with Gasteiger partial charge in [0.05, 0.1) is 37.7 Å². The van der Waals surface area contributed by atoms with Crippen LogP contribution in [0.25, 0.3) is 0 Å². The third-order valence-corrected chi connectivity index (χ3v) is 18.7. The van der Waals surface area contributed by atoms with E-state index in [1.54, 1.807) is 97.8 Å². The second-order valence-corrected chi connectivity index (χ2v) is 34.7. The summed E-state index contributed by atoms with van der Waals surface area (Å²) < 4.78 is 128. The second kappa shape index (κ2) is 40.6. The van der Waals surface area contributed by atoms with E-state index in [0.717, 1.165) is 30.9 Å². The summed E-state index contributed by atoms with van der Waals surface area (Å²) in [6, 6.07) is 1.16. The van der Waals surface area contributed by atoms with Gasteiger partial charge in [-0.2, -0.15) is 21.6 Å². The van der Waals surface area contributed by atoms with Crippen molar-refractivity contribution in [2.75, 3.05) is 128 Å². The van der Waals surface area contributed by atoms with Crippen molar-refractivity contribution in [3.63, 3.8) is 0 Å². The Labute approximate surface area is 617 Å². The van der Waals surface area contributed by atoms with E-state index >= 15 is 0 Å². The molecular formula is C68H112N12O22S3. The topological polar surface area (TPSA) is 453 Å². The number of aromatic nitrogens is 1. The zero-order valence-electron chi connectivity index (χ0n) is 63.2. The molecule has 594 valence electrons. The zero-order valence-corrected chi connectivity index (χ0v) is 65.6. The Bertz CT molecular complexity index is 3600. The van der Waals surface area contributed by atoms with Gasteiger partial charge in [-0.1, -0.05) is 6.07 Å². The quantitative estimate of drug-likeness (QED) is 0.0201. The Kier molecular flexibility index (Phi) is 34.9. The molecule has 37 heteroatoms. The Morgan fingerprint density at radius 3 is 1.47 bits per heavy atom. The lowest BCUT2D eigenvalue weighted by Gasteiger charge is -2.34. The number of benzene rings is 1. The smallest absolute Gasteiger partial charge is 0.326 e. The van der Waals surface area contributed by atoms with Crippen molar-refractivity contribution in [1.29, 1.82) is 0 Å². The highest BCUT2D eigenvalue weighted by Crippen LogP contribution is 2.27. The molecule has 1 fully saturated rings. The maximum atomic E-state index is 14.0. The minimum atomic E-state index is -5.12. The minimum absolute atomic E-state index is 0.0272. The van der Waals surface area contributed by atoms with Gasteiger partial charge in [-0.15, -0.1) is 0 Å².